The van der Waals surface area contributed by atoms with Gasteiger partial charge in [-0.2, -0.15) is 0 Å². The van der Waals surface area contributed by atoms with Gasteiger partial charge in [-0.15, -0.1) is 0 Å². The molecule has 0 unspecified atom stereocenters. The summed E-state index contributed by atoms with van der Waals surface area (Å²) in [6.07, 6.45) is 9.21. The molecule has 0 saturated carbocycles. The molecule has 0 aliphatic rings. The van der Waals surface area contributed by atoms with Crippen LogP contribution in [0, 0.1) is 0 Å². The zero-order valence-corrected chi connectivity index (χ0v) is 13.1. The molecular weight excluding hydrogens is 250 g/mol. The van der Waals surface area contributed by atoms with Gasteiger partial charge in [0.15, 0.2) is 0 Å². The Morgan fingerprint density at radius 2 is 1.90 bits per heavy atom. The van der Waals surface area contributed by atoms with E-state index in [1.807, 2.05) is 24.6 Å². The molecule has 1 amide bonds. The number of rotatable bonds is 9. The second kappa shape index (κ2) is 8.67. The monoisotopic (exact) mass is 279 g/mol. The molecule has 4 heteroatoms. The molecule has 1 heterocycles. The Balaban J connectivity index is 2.32. The molecule has 1 aromatic rings. The summed E-state index contributed by atoms with van der Waals surface area (Å²) in [6.45, 7) is 7.05. The van der Waals surface area contributed by atoms with Crippen molar-refractivity contribution in [2.45, 2.75) is 65.3 Å². The minimum atomic E-state index is -0.0241. The minimum absolute atomic E-state index is 0.0241. The van der Waals surface area contributed by atoms with Crippen LogP contribution in [0.4, 0.5) is 5.69 Å². The zero-order valence-electron chi connectivity index (χ0n) is 13.1. The highest BCUT2D eigenvalue weighted by molar-refractivity contribution is 5.93. The van der Waals surface area contributed by atoms with Gasteiger partial charge in [0, 0.05) is 18.8 Å². The Hall–Kier alpha value is -1.45. The lowest BCUT2D eigenvalue weighted by Gasteiger charge is -2.12. The number of anilines is 1. The smallest absolute Gasteiger partial charge is 0.267 e. The number of aromatic nitrogens is 1. The number of nitrogens with two attached hydrogens (primary N) is 1. The van der Waals surface area contributed by atoms with E-state index in [4.69, 9.17) is 5.73 Å². The van der Waals surface area contributed by atoms with E-state index in [2.05, 4.69) is 12.2 Å². The minimum Gasteiger partial charge on any atom is -0.397 e. The largest absolute Gasteiger partial charge is 0.397 e. The summed E-state index contributed by atoms with van der Waals surface area (Å²) in [6, 6.07) is 1.98. The molecule has 1 rings (SSSR count). The third-order valence-electron chi connectivity index (χ3n) is 3.47. The first-order valence-electron chi connectivity index (χ1n) is 7.81. The van der Waals surface area contributed by atoms with Crippen LogP contribution in [0.15, 0.2) is 12.3 Å². The van der Waals surface area contributed by atoms with Gasteiger partial charge in [-0.3, -0.25) is 4.79 Å². The molecule has 0 aromatic carbocycles. The number of hydrogen-bond donors (Lipinski definition) is 2. The van der Waals surface area contributed by atoms with Crippen LogP contribution in [0.2, 0.25) is 0 Å². The summed E-state index contributed by atoms with van der Waals surface area (Å²) in [7, 11) is 0. The fraction of sp³-hybridized carbons (Fsp3) is 0.688. The van der Waals surface area contributed by atoms with E-state index < -0.39 is 0 Å². The number of carbonyl (C=O) groups is 1. The van der Waals surface area contributed by atoms with Crippen molar-refractivity contribution in [2.24, 2.45) is 0 Å². The molecule has 3 N–H and O–H groups in total. The van der Waals surface area contributed by atoms with Gasteiger partial charge in [0.25, 0.3) is 5.91 Å². The lowest BCUT2D eigenvalue weighted by atomic mass is 10.1. The first-order chi connectivity index (χ1) is 9.56. The lowest BCUT2D eigenvalue weighted by Crippen LogP contribution is -2.27. The van der Waals surface area contributed by atoms with Gasteiger partial charge >= 0.3 is 0 Å². The number of unbranched alkanes of at least 4 members (excludes halogenated alkanes) is 5. The maximum atomic E-state index is 12.1. The predicted molar refractivity (Wildman–Crippen MR) is 84.9 cm³/mol. The molecule has 0 bridgehead atoms. The van der Waals surface area contributed by atoms with Gasteiger partial charge in [-0.05, 0) is 26.3 Å². The topological polar surface area (TPSA) is 60.1 Å². The van der Waals surface area contributed by atoms with E-state index in [0.717, 1.165) is 13.0 Å². The molecule has 4 nitrogen and oxygen atoms in total. The van der Waals surface area contributed by atoms with Gasteiger partial charge in [0.1, 0.15) is 5.69 Å². The van der Waals surface area contributed by atoms with Crippen molar-refractivity contribution in [1.29, 1.82) is 0 Å². The molecule has 0 aliphatic carbocycles. The van der Waals surface area contributed by atoms with Gasteiger partial charge in [0.2, 0.25) is 0 Å². The molecule has 20 heavy (non-hydrogen) atoms. The molecule has 1 aromatic heterocycles. The Morgan fingerprint density at radius 3 is 2.55 bits per heavy atom. The molecule has 0 saturated heterocycles. The molecule has 0 aliphatic heterocycles. The zero-order chi connectivity index (χ0) is 15.0. The van der Waals surface area contributed by atoms with Crippen molar-refractivity contribution in [1.82, 2.24) is 9.88 Å². The van der Waals surface area contributed by atoms with E-state index in [1.165, 1.54) is 32.1 Å². The quantitative estimate of drug-likeness (QED) is 0.676. The summed E-state index contributed by atoms with van der Waals surface area (Å²) >= 11 is 0. The Morgan fingerprint density at radius 1 is 1.25 bits per heavy atom. The fourth-order valence-corrected chi connectivity index (χ4v) is 2.31. The highest BCUT2D eigenvalue weighted by atomic mass is 16.1. The number of hydrogen-bond acceptors (Lipinski definition) is 2. The van der Waals surface area contributed by atoms with Crippen LogP contribution in [0.5, 0.6) is 0 Å². The molecule has 0 radical (unpaired) electrons. The Bertz CT molecular complexity index is 410. The predicted octanol–water partition coefficient (Wildman–Crippen LogP) is 3.74. The second-order valence-electron chi connectivity index (χ2n) is 5.68. The summed E-state index contributed by atoms with van der Waals surface area (Å²) in [4.78, 5) is 12.1. The molecule has 114 valence electrons. The second-order valence-corrected chi connectivity index (χ2v) is 5.68. The fourth-order valence-electron chi connectivity index (χ4n) is 2.31. The van der Waals surface area contributed by atoms with E-state index >= 15 is 0 Å². The van der Waals surface area contributed by atoms with Crippen molar-refractivity contribution >= 4 is 11.6 Å². The third-order valence-corrected chi connectivity index (χ3v) is 3.47. The van der Waals surface area contributed by atoms with Crippen molar-refractivity contribution in [3.63, 3.8) is 0 Å². The molecule has 0 fully saturated rings. The summed E-state index contributed by atoms with van der Waals surface area (Å²) in [5.41, 5.74) is 7.08. The maximum absolute atomic E-state index is 12.1. The van der Waals surface area contributed by atoms with E-state index in [9.17, 15) is 4.79 Å². The number of carbonyl (C=O) groups excluding carboxylic acids is 1. The van der Waals surface area contributed by atoms with Crippen LogP contribution in [-0.4, -0.2) is 17.0 Å². The summed E-state index contributed by atoms with van der Waals surface area (Å²) in [5, 5.41) is 2.98. The van der Waals surface area contributed by atoms with Crippen molar-refractivity contribution in [3.05, 3.63) is 18.0 Å². The first kappa shape index (κ1) is 16.6. The average Bonchev–Trinajstić information content (AvgIpc) is 2.80. The SMILES string of the molecule is CCCCCCCCNC(=O)c1cc(N)cn1C(C)C. The van der Waals surface area contributed by atoms with Gasteiger partial charge in [-0.1, -0.05) is 39.0 Å². The maximum Gasteiger partial charge on any atom is 0.267 e. The van der Waals surface area contributed by atoms with Crippen LogP contribution in [0.3, 0.4) is 0 Å². The van der Waals surface area contributed by atoms with Crippen LogP contribution in [0.1, 0.15) is 75.8 Å². The van der Waals surface area contributed by atoms with E-state index in [0.29, 0.717) is 11.4 Å². The van der Waals surface area contributed by atoms with Crippen LogP contribution in [0.25, 0.3) is 0 Å². The van der Waals surface area contributed by atoms with Crippen LogP contribution >= 0.6 is 0 Å². The number of nitrogens with one attached hydrogen (secondary N) is 1. The van der Waals surface area contributed by atoms with Gasteiger partial charge < -0.3 is 15.6 Å². The van der Waals surface area contributed by atoms with Crippen molar-refractivity contribution in [2.75, 3.05) is 12.3 Å². The summed E-state index contributed by atoms with van der Waals surface area (Å²) < 4.78 is 1.92. The van der Waals surface area contributed by atoms with E-state index in [-0.39, 0.29) is 11.9 Å². The van der Waals surface area contributed by atoms with Crippen LogP contribution < -0.4 is 11.1 Å². The van der Waals surface area contributed by atoms with Crippen molar-refractivity contribution in [3.8, 4) is 0 Å². The average molecular weight is 279 g/mol. The van der Waals surface area contributed by atoms with Gasteiger partial charge in [0.05, 0.1) is 5.69 Å². The highest BCUT2D eigenvalue weighted by Gasteiger charge is 2.13. The van der Waals surface area contributed by atoms with Gasteiger partial charge in [-0.25, -0.2) is 0 Å². The Labute approximate surface area is 122 Å². The van der Waals surface area contributed by atoms with Crippen LogP contribution in [-0.2, 0) is 0 Å². The molecular formula is C16H29N3O. The molecule has 0 atom stereocenters. The number of nitrogens with zero attached hydrogens (tertiary/aromatic N) is 1. The Kier molecular flexibility index (Phi) is 7.20. The third kappa shape index (κ3) is 5.27. The van der Waals surface area contributed by atoms with E-state index in [1.54, 1.807) is 6.07 Å². The number of amides is 1. The molecule has 0 spiro atoms. The lowest BCUT2D eigenvalue weighted by molar-refractivity contribution is 0.0942. The van der Waals surface area contributed by atoms with Crippen molar-refractivity contribution < 1.29 is 4.79 Å². The normalized spacial score (nSPS) is 11.0. The highest BCUT2D eigenvalue weighted by Crippen LogP contribution is 2.16. The number of nitrogen functional groups attached to an aromatic ring is 1. The first-order valence-corrected chi connectivity index (χ1v) is 7.81. The summed E-state index contributed by atoms with van der Waals surface area (Å²) in [5.74, 6) is -0.0241. The standard InChI is InChI=1S/C16H29N3O/c1-4-5-6-7-8-9-10-18-16(20)15-11-14(17)12-19(15)13(2)3/h11-13H,4-10,17H2,1-3H3,(H,18,20).